The van der Waals surface area contributed by atoms with Crippen LogP contribution < -0.4 is 15.6 Å². The summed E-state index contributed by atoms with van der Waals surface area (Å²) in [6.45, 7) is 7.65. The minimum absolute atomic E-state index is 0.208. The molecule has 0 aliphatic carbocycles. The van der Waals surface area contributed by atoms with Crippen molar-refractivity contribution >= 4 is 29.5 Å². The molecule has 0 aliphatic heterocycles. The van der Waals surface area contributed by atoms with Crippen molar-refractivity contribution in [2.45, 2.75) is 33.6 Å². The second-order valence-corrected chi connectivity index (χ2v) is 7.13. The lowest BCUT2D eigenvalue weighted by atomic mass is 10.0. The van der Waals surface area contributed by atoms with Crippen LogP contribution in [0.5, 0.6) is 5.75 Å². The van der Waals surface area contributed by atoms with Gasteiger partial charge < -0.3 is 4.74 Å². The number of benzene rings is 1. The van der Waals surface area contributed by atoms with E-state index in [0.717, 1.165) is 11.1 Å². The lowest BCUT2D eigenvalue weighted by Crippen LogP contribution is -2.43. The average molecular weight is 405 g/mol. The van der Waals surface area contributed by atoms with Crippen molar-refractivity contribution in [1.29, 1.82) is 0 Å². The Balaban J connectivity index is 1.87. The molecule has 0 radical (unpaired) electrons. The molecule has 2 rings (SSSR count). The standard InChI is InChI=1S/C20H25ClN4O3/c1-12(2)15-7-6-13(3)10-17(15)28-11-19(27)23-22-18(26)9-8-16-14(4)24-25(5)20(16)21/h6-10,12H,11H2,1-5H3,(H,22,26)(H,23,27)/b9-8+. The number of nitrogens with one attached hydrogen (secondary N) is 2. The number of halogens is 1. The molecular formula is C20H25ClN4O3. The number of ether oxygens (including phenoxy) is 1. The van der Waals surface area contributed by atoms with E-state index in [1.165, 1.54) is 10.8 Å². The molecule has 1 aromatic heterocycles. The van der Waals surface area contributed by atoms with Crippen LogP contribution in [0.25, 0.3) is 6.08 Å². The highest BCUT2D eigenvalue weighted by atomic mass is 35.5. The first-order valence-electron chi connectivity index (χ1n) is 8.88. The third-order valence-corrected chi connectivity index (χ3v) is 4.52. The molecule has 0 bridgehead atoms. The Bertz CT molecular complexity index is 903. The highest BCUT2D eigenvalue weighted by molar-refractivity contribution is 6.31. The summed E-state index contributed by atoms with van der Waals surface area (Å²) in [5.74, 6) is -0.0241. The lowest BCUT2D eigenvalue weighted by molar-refractivity contribution is -0.128. The lowest BCUT2D eigenvalue weighted by Gasteiger charge is -2.14. The van der Waals surface area contributed by atoms with Crippen LogP contribution in [0, 0.1) is 13.8 Å². The van der Waals surface area contributed by atoms with Gasteiger partial charge in [-0.3, -0.25) is 25.1 Å². The van der Waals surface area contributed by atoms with Crippen LogP contribution in [0.1, 0.15) is 42.1 Å². The van der Waals surface area contributed by atoms with Gasteiger partial charge in [0.1, 0.15) is 10.9 Å². The topological polar surface area (TPSA) is 85.2 Å². The molecule has 7 nitrogen and oxygen atoms in total. The third kappa shape index (κ3) is 5.60. The summed E-state index contributed by atoms with van der Waals surface area (Å²) in [5.41, 5.74) is 8.04. The fourth-order valence-electron chi connectivity index (χ4n) is 2.59. The number of aromatic nitrogens is 2. The zero-order valence-corrected chi connectivity index (χ0v) is 17.4. The molecule has 2 amide bonds. The fourth-order valence-corrected chi connectivity index (χ4v) is 2.83. The van der Waals surface area contributed by atoms with Crippen LogP contribution in [-0.2, 0) is 16.6 Å². The fraction of sp³-hybridized carbons (Fsp3) is 0.350. The van der Waals surface area contributed by atoms with Crippen molar-refractivity contribution in [2.75, 3.05) is 6.61 Å². The molecule has 1 aromatic carbocycles. The van der Waals surface area contributed by atoms with E-state index in [2.05, 4.69) is 29.8 Å². The molecular weight excluding hydrogens is 380 g/mol. The first kappa shape index (κ1) is 21.5. The monoisotopic (exact) mass is 404 g/mol. The Labute approximate surface area is 169 Å². The number of hydrazine groups is 1. The van der Waals surface area contributed by atoms with Crippen molar-refractivity contribution in [1.82, 2.24) is 20.6 Å². The predicted molar refractivity (Wildman–Crippen MR) is 109 cm³/mol. The van der Waals surface area contributed by atoms with Gasteiger partial charge in [0.2, 0.25) is 0 Å². The van der Waals surface area contributed by atoms with Crippen molar-refractivity contribution in [3.8, 4) is 5.75 Å². The normalized spacial score (nSPS) is 11.1. The van der Waals surface area contributed by atoms with Crippen molar-refractivity contribution < 1.29 is 14.3 Å². The maximum absolute atomic E-state index is 12.0. The maximum Gasteiger partial charge on any atom is 0.276 e. The number of nitrogens with zero attached hydrogens (tertiary/aromatic N) is 2. The van der Waals surface area contributed by atoms with Gasteiger partial charge in [0, 0.05) is 18.7 Å². The predicted octanol–water partition coefficient (Wildman–Crippen LogP) is 3.05. The van der Waals surface area contributed by atoms with Crippen LogP contribution >= 0.6 is 11.6 Å². The Morgan fingerprint density at radius 2 is 2.00 bits per heavy atom. The molecule has 0 fully saturated rings. The molecule has 2 aromatic rings. The zero-order chi connectivity index (χ0) is 20.8. The average Bonchev–Trinajstić information content (AvgIpc) is 2.88. The largest absolute Gasteiger partial charge is 0.483 e. The molecule has 0 saturated heterocycles. The maximum atomic E-state index is 12.0. The molecule has 0 unspecified atom stereocenters. The number of carbonyl (C=O) groups is 2. The molecule has 0 spiro atoms. The van der Waals surface area contributed by atoms with E-state index in [-0.39, 0.29) is 12.5 Å². The van der Waals surface area contributed by atoms with E-state index in [9.17, 15) is 9.59 Å². The van der Waals surface area contributed by atoms with Gasteiger partial charge in [-0.25, -0.2) is 0 Å². The van der Waals surface area contributed by atoms with E-state index in [4.69, 9.17) is 16.3 Å². The third-order valence-electron chi connectivity index (χ3n) is 4.07. The number of carbonyl (C=O) groups excluding carboxylic acids is 2. The number of aryl methyl sites for hydroxylation is 3. The molecule has 8 heteroatoms. The van der Waals surface area contributed by atoms with Gasteiger partial charge in [-0.15, -0.1) is 0 Å². The van der Waals surface area contributed by atoms with Gasteiger partial charge >= 0.3 is 0 Å². The van der Waals surface area contributed by atoms with Gasteiger partial charge in [-0.05, 0) is 43.0 Å². The van der Waals surface area contributed by atoms with Crippen molar-refractivity contribution in [3.63, 3.8) is 0 Å². The molecule has 0 saturated carbocycles. The Hall–Kier alpha value is -2.80. The summed E-state index contributed by atoms with van der Waals surface area (Å²) in [6, 6.07) is 5.89. The minimum Gasteiger partial charge on any atom is -0.483 e. The van der Waals surface area contributed by atoms with Gasteiger partial charge in [0.15, 0.2) is 6.61 Å². The van der Waals surface area contributed by atoms with Crippen molar-refractivity contribution in [2.24, 2.45) is 7.05 Å². The van der Waals surface area contributed by atoms with Crippen LogP contribution in [0.2, 0.25) is 5.15 Å². The SMILES string of the molecule is Cc1ccc(C(C)C)c(OCC(=O)NNC(=O)/C=C/c2c(C)nn(C)c2Cl)c1. The highest BCUT2D eigenvalue weighted by Crippen LogP contribution is 2.27. The Morgan fingerprint density at radius 3 is 2.61 bits per heavy atom. The second-order valence-electron chi connectivity index (χ2n) is 6.77. The van der Waals surface area contributed by atoms with Gasteiger partial charge in [0.05, 0.1) is 5.69 Å². The molecule has 150 valence electrons. The smallest absolute Gasteiger partial charge is 0.276 e. The summed E-state index contributed by atoms with van der Waals surface area (Å²) in [6.07, 6.45) is 2.82. The molecule has 1 heterocycles. The summed E-state index contributed by atoms with van der Waals surface area (Å²) in [4.78, 5) is 23.9. The zero-order valence-electron chi connectivity index (χ0n) is 16.7. The van der Waals surface area contributed by atoms with E-state index < -0.39 is 11.8 Å². The molecule has 0 aliphatic rings. The van der Waals surface area contributed by atoms with E-state index in [1.807, 2.05) is 25.1 Å². The Morgan fingerprint density at radius 1 is 1.29 bits per heavy atom. The van der Waals surface area contributed by atoms with E-state index >= 15 is 0 Å². The highest BCUT2D eigenvalue weighted by Gasteiger charge is 2.11. The minimum atomic E-state index is -0.494. The van der Waals surface area contributed by atoms with Gasteiger partial charge in [-0.1, -0.05) is 37.6 Å². The summed E-state index contributed by atoms with van der Waals surface area (Å²) in [5, 5.41) is 4.59. The molecule has 28 heavy (non-hydrogen) atoms. The van der Waals surface area contributed by atoms with Crippen LogP contribution in [0.15, 0.2) is 24.3 Å². The van der Waals surface area contributed by atoms with Crippen LogP contribution in [-0.4, -0.2) is 28.2 Å². The number of hydrogen-bond acceptors (Lipinski definition) is 4. The van der Waals surface area contributed by atoms with E-state index in [0.29, 0.717) is 22.2 Å². The van der Waals surface area contributed by atoms with Crippen LogP contribution in [0.4, 0.5) is 0 Å². The van der Waals surface area contributed by atoms with Gasteiger partial charge in [0.25, 0.3) is 11.8 Å². The van der Waals surface area contributed by atoms with Crippen molar-refractivity contribution in [3.05, 3.63) is 51.8 Å². The second kappa shape index (κ2) is 9.41. The summed E-state index contributed by atoms with van der Waals surface area (Å²) in [7, 11) is 1.71. The Kier molecular flexibility index (Phi) is 7.23. The quantitative estimate of drug-likeness (QED) is 0.572. The number of rotatable bonds is 6. The first-order valence-corrected chi connectivity index (χ1v) is 9.26. The first-order chi connectivity index (χ1) is 13.2. The molecule has 2 N–H and O–H groups in total. The van der Waals surface area contributed by atoms with E-state index in [1.54, 1.807) is 20.0 Å². The number of hydrogen-bond donors (Lipinski definition) is 2. The van der Waals surface area contributed by atoms with Crippen LogP contribution in [0.3, 0.4) is 0 Å². The number of amides is 2. The summed E-state index contributed by atoms with van der Waals surface area (Å²) >= 11 is 6.10. The summed E-state index contributed by atoms with van der Waals surface area (Å²) < 4.78 is 7.15. The molecule has 0 atom stereocenters. The van der Waals surface area contributed by atoms with Gasteiger partial charge in [-0.2, -0.15) is 5.10 Å².